The Balaban J connectivity index is 2.62. The Kier molecular flexibility index (Phi) is 4.65. The normalized spacial score (nSPS) is 13.2. The average molecular weight is 257 g/mol. The molecule has 0 amide bonds. The molecule has 0 aliphatic carbocycles. The molecule has 0 aliphatic rings. The maximum atomic E-state index is 11.5. The molecule has 1 aromatic rings. The van der Waals surface area contributed by atoms with Crippen molar-refractivity contribution in [3.63, 3.8) is 0 Å². The van der Waals surface area contributed by atoms with E-state index in [-0.39, 0.29) is 6.04 Å². The van der Waals surface area contributed by atoms with Crippen LogP contribution in [0.3, 0.4) is 0 Å². The first kappa shape index (κ1) is 13.7. The lowest BCUT2D eigenvalue weighted by atomic mass is 10.1. The topological polar surface area (TPSA) is 83.5 Å². The van der Waals surface area contributed by atoms with Gasteiger partial charge in [-0.15, -0.1) is 0 Å². The molecule has 0 bridgehead atoms. The molecular formula is C11H15NO4S. The van der Waals surface area contributed by atoms with Crippen molar-refractivity contribution >= 4 is 16.0 Å². The molecule has 0 unspecified atom stereocenters. The van der Waals surface area contributed by atoms with E-state index in [9.17, 15) is 13.2 Å². The summed E-state index contributed by atoms with van der Waals surface area (Å²) in [6, 6.07) is 8.73. The third-order valence-electron chi connectivity index (χ3n) is 2.24. The first-order valence-corrected chi connectivity index (χ1v) is 6.83. The van der Waals surface area contributed by atoms with Gasteiger partial charge in [0.15, 0.2) is 0 Å². The smallest absolute Gasteiger partial charge is 0.304 e. The van der Waals surface area contributed by atoms with Crippen molar-refractivity contribution in [2.75, 3.05) is 5.75 Å². The lowest BCUT2D eigenvalue weighted by Crippen LogP contribution is -2.30. The largest absolute Gasteiger partial charge is 0.481 e. The van der Waals surface area contributed by atoms with E-state index in [2.05, 4.69) is 4.72 Å². The Morgan fingerprint density at radius 1 is 1.35 bits per heavy atom. The van der Waals surface area contributed by atoms with Gasteiger partial charge in [0.2, 0.25) is 10.0 Å². The van der Waals surface area contributed by atoms with Crippen LogP contribution in [-0.2, 0) is 14.8 Å². The van der Waals surface area contributed by atoms with Crippen LogP contribution in [0.1, 0.15) is 24.9 Å². The van der Waals surface area contributed by atoms with Crippen LogP contribution in [-0.4, -0.2) is 25.2 Å². The molecule has 6 heteroatoms. The van der Waals surface area contributed by atoms with Crippen molar-refractivity contribution in [3.05, 3.63) is 35.9 Å². The summed E-state index contributed by atoms with van der Waals surface area (Å²) in [6.45, 7) is 1.72. The molecule has 0 aromatic heterocycles. The van der Waals surface area contributed by atoms with E-state index in [1.165, 1.54) is 0 Å². The molecule has 17 heavy (non-hydrogen) atoms. The molecule has 0 aliphatic heterocycles. The van der Waals surface area contributed by atoms with Crippen LogP contribution in [0.5, 0.6) is 0 Å². The van der Waals surface area contributed by atoms with Crippen LogP contribution in [0.2, 0.25) is 0 Å². The van der Waals surface area contributed by atoms with Gasteiger partial charge in [-0.25, -0.2) is 13.1 Å². The Morgan fingerprint density at radius 2 is 1.94 bits per heavy atom. The molecular weight excluding hydrogens is 242 g/mol. The first-order valence-electron chi connectivity index (χ1n) is 5.17. The zero-order valence-electron chi connectivity index (χ0n) is 9.46. The number of carboxylic acids is 1. The summed E-state index contributed by atoms with van der Waals surface area (Å²) in [6.07, 6.45) is -0.392. The maximum Gasteiger partial charge on any atom is 0.304 e. The van der Waals surface area contributed by atoms with Gasteiger partial charge < -0.3 is 5.11 Å². The second-order valence-electron chi connectivity index (χ2n) is 3.71. The third-order valence-corrected chi connectivity index (χ3v) is 3.69. The van der Waals surface area contributed by atoms with Gasteiger partial charge in [-0.3, -0.25) is 4.79 Å². The Labute approximate surface area is 101 Å². The lowest BCUT2D eigenvalue weighted by Gasteiger charge is -2.13. The number of benzene rings is 1. The van der Waals surface area contributed by atoms with E-state index < -0.39 is 28.2 Å². The summed E-state index contributed by atoms with van der Waals surface area (Å²) in [7, 11) is -3.55. The highest BCUT2D eigenvalue weighted by atomic mass is 32.2. The molecule has 0 saturated carbocycles. The number of nitrogens with one attached hydrogen (secondary N) is 1. The van der Waals surface area contributed by atoms with Crippen molar-refractivity contribution in [2.45, 2.75) is 19.4 Å². The van der Waals surface area contributed by atoms with Crippen LogP contribution >= 0.6 is 0 Å². The van der Waals surface area contributed by atoms with Gasteiger partial charge in [0.05, 0.1) is 12.2 Å². The number of carboxylic acid groups (broad SMARTS) is 1. The number of hydrogen-bond acceptors (Lipinski definition) is 3. The second kappa shape index (κ2) is 5.79. The minimum atomic E-state index is -3.55. The van der Waals surface area contributed by atoms with E-state index in [1.54, 1.807) is 6.92 Å². The summed E-state index contributed by atoms with van der Waals surface area (Å²) in [5, 5.41) is 8.44. The predicted octanol–water partition coefficient (Wildman–Crippen LogP) is 1.14. The molecule has 94 valence electrons. The molecule has 0 saturated heterocycles. The summed E-state index contributed by atoms with van der Waals surface area (Å²) in [5.41, 5.74) is 0.839. The molecule has 0 radical (unpaired) electrons. The zero-order valence-corrected chi connectivity index (χ0v) is 10.3. The molecule has 1 aromatic carbocycles. The number of carbonyl (C=O) groups is 1. The minimum absolute atomic E-state index is 0.366. The summed E-state index contributed by atoms with van der Waals surface area (Å²) in [5.74, 6) is -1.53. The number of hydrogen-bond donors (Lipinski definition) is 2. The molecule has 1 atom stereocenters. The van der Waals surface area contributed by atoms with Gasteiger partial charge in [-0.2, -0.15) is 0 Å². The number of sulfonamides is 1. The summed E-state index contributed by atoms with van der Waals surface area (Å²) >= 11 is 0. The summed E-state index contributed by atoms with van der Waals surface area (Å²) < 4.78 is 25.5. The minimum Gasteiger partial charge on any atom is -0.481 e. The van der Waals surface area contributed by atoms with Crippen molar-refractivity contribution in [3.8, 4) is 0 Å². The molecule has 2 N–H and O–H groups in total. The van der Waals surface area contributed by atoms with Gasteiger partial charge in [-0.1, -0.05) is 30.3 Å². The quantitative estimate of drug-likeness (QED) is 0.800. The molecule has 1 rings (SSSR count). The summed E-state index contributed by atoms with van der Waals surface area (Å²) in [4.78, 5) is 10.3. The fraction of sp³-hybridized carbons (Fsp3) is 0.364. The standard InChI is InChI=1S/C11H15NO4S/c1-9(10-5-3-2-4-6-10)12-17(15,16)8-7-11(13)14/h2-6,9,12H,7-8H2,1H3,(H,13,14)/t9-/m1/s1. The van der Waals surface area contributed by atoms with E-state index in [0.717, 1.165) is 5.56 Å². The highest BCUT2D eigenvalue weighted by Gasteiger charge is 2.16. The molecule has 0 fully saturated rings. The van der Waals surface area contributed by atoms with Crippen LogP contribution in [0.15, 0.2) is 30.3 Å². The fourth-order valence-corrected chi connectivity index (χ4v) is 2.60. The highest BCUT2D eigenvalue weighted by Crippen LogP contribution is 2.12. The van der Waals surface area contributed by atoms with E-state index in [4.69, 9.17) is 5.11 Å². The second-order valence-corrected chi connectivity index (χ2v) is 5.59. The van der Waals surface area contributed by atoms with Crippen LogP contribution in [0.25, 0.3) is 0 Å². The average Bonchev–Trinajstić information content (AvgIpc) is 2.27. The van der Waals surface area contributed by atoms with Gasteiger partial charge in [0, 0.05) is 6.04 Å². The van der Waals surface area contributed by atoms with Crippen molar-refractivity contribution in [2.24, 2.45) is 0 Å². The predicted molar refractivity (Wildman–Crippen MR) is 64.0 cm³/mol. The van der Waals surface area contributed by atoms with Crippen molar-refractivity contribution in [1.82, 2.24) is 4.72 Å². The number of aliphatic carboxylic acids is 1. The number of rotatable bonds is 6. The van der Waals surface area contributed by atoms with Crippen LogP contribution < -0.4 is 4.72 Å². The highest BCUT2D eigenvalue weighted by molar-refractivity contribution is 7.89. The molecule has 5 nitrogen and oxygen atoms in total. The Morgan fingerprint density at radius 3 is 2.47 bits per heavy atom. The SMILES string of the molecule is C[C@@H](NS(=O)(=O)CCC(=O)O)c1ccccc1. The molecule has 0 spiro atoms. The van der Waals surface area contributed by atoms with Gasteiger partial charge >= 0.3 is 5.97 Å². The third kappa shape index (κ3) is 4.97. The Hall–Kier alpha value is -1.40. The van der Waals surface area contributed by atoms with Crippen molar-refractivity contribution < 1.29 is 18.3 Å². The van der Waals surface area contributed by atoms with E-state index in [1.807, 2.05) is 30.3 Å². The van der Waals surface area contributed by atoms with E-state index in [0.29, 0.717) is 0 Å². The first-order chi connectivity index (χ1) is 7.91. The fourth-order valence-electron chi connectivity index (χ4n) is 1.36. The van der Waals surface area contributed by atoms with Gasteiger partial charge in [-0.05, 0) is 12.5 Å². The van der Waals surface area contributed by atoms with Crippen LogP contribution in [0.4, 0.5) is 0 Å². The molecule has 0 heterocycles. The van der Waals surface area contributed by atoms with Crippen molar-refractivity contribution in [1.29, 1.82) is 0 Å². The maximum absolute atomic E-state index is 11.5. The monoisotopic (exact) mass is 257 g/mol. The van der Waals surface area contributed by atoms with Gasteiger partial charge in [0.25, 0.3) is 0 Å². The van der Waals surface area contributed by atoms with E-state index >= 15 is 0 Å². The lowest BCUT2D eigenvalue weighted by molar-refractivity contribution is -0.136. The zero-order chi connectivity index (χ0) is 12.9. The van der Waals surface area contributed by atoms with Gasteiger partial charge in [0.1, 0.15) is 0 Å². The Bertz CT molecular complexity index is 470. The van der Waals surface area contributed by atoms with Crippen LogP contribution in [0, 0.1) is 0 Å².